The van der Waals surface area contributed by atoms with Gasteiger partial charge in [0.15, 0.2) is 0 Å². The first kappa shape index (κ1) is 13.9. The Hall–Kier alpha value is -1.48. The Morgan fingerprint density at radius 2 is 1.89 bits per heavy atom. The monoisotopic (exact) mass is 318 g/mol. The van der Waals surface area contributed by atoms with Gasteiger partial charge in [0.1, 0.15) is 0 Å². The van der Waals surface area contributed by atoms with Crippen molar-refractivity contribution in [2.45, 2.75) is 19.9 Å². The molecular weight excluding hydrogens is 300 g/mol. The van der Waals surface area contributed by atoms with Crippen LogP contribution in [0.3, 0.4) is 0 Å². The second-order valence-corrected chi connectivity index (χ2v) is 5.56. The van der Waals surface area contributed by atoms with Gasteiger partial charge in [-0.1, -0.05) is 41.1 Å². The molecule has 100 valence electrons. The Morgan fingerprint density at radius 1 is 1.11 bits per heavy atom. The first-order valence-corrected chi connectivity index (χ1v) is 7.33. The molecule has 0 aliphatic carbocycles. The predicted molar refractivity (Wildman–Crippen MR) is 86.3 cm³/mol. The number of hydrogen-bond donors (Lipinski definition) is 1. The topological polar surface area (TPSA) is 29.3 Å². The van der Waals surface area contributed by atoms with Gasteiger partial charge in [-0.15, -0.1) is 0 Å². The molecule has 0 aliphatic rings. The highest BCUT2D eigenvalue weighted by molar-refractivity contribution is 9.10. The van der Waals surface area contributed by atoms with Crippen LogP contribution in [0.15, 0.2) is 53.0 Å². The SMILES string of the molecule is CCCN(Cc1cccc(Br)c1)c1cccc(N)c1. The Kier molecular flexibility index (Phi) is 4.86. The van der Waals surface area contributed by atoms with Gasteiger partial charge in [-0.3, -0.25) is 0 Å². The number of halogens is 1. The van der Waals surface area contributed by atoms with Gasteiger partial charge in [0.25, 0.3) is 0 Å². The smallest absolute Gasteiger partial charge is 0.0429 e. The lowest BCUT2D eigenvalue weighted by atomic mass is 10.2. The van der Waals surface area contributed by atoms with E-state index in [2.05, 4.69) is 52.0 Å². The van der Waals surface area contributed by atoms with E-state index in [1.54, 1.807) is 0 Å². The molecule has 0 unspecified atom stereocenters. The molecule has 19 heavy (non-hydrogen) atoms. The van der Waals surface area contributed by atoms with Gasteiger partial charge < -0.3 is 10.6 Å². The molecule has 0 bridgehead atoms. The van der Waals surface area contributed by atoms with Crippen LogP contribution in [0.1, 0.15) is 18.9 Å². The van der Waals surface area contributed by atoms with Gasteiger partial charge in [-0.25, -0.2) is 0 Å². The van der Waals surface area contributed by atoms with Crippen LogP contribution in [0, 0.1) is 0 Å². The van der Waals surface area contributed by atoms with Crippen LogP contribution in [0.2, 0.25) is 0 Å². The van der Waals surface area contributed by atoms with Crippen molar-refractivity contribution in [3.8, 4) is 0 Å². The molecule has 2 N–H and O–H groups in total. The van der Waals surface area contributed by atoms with Crippen molar-refractivity contribution in [2.75, 3.05) is 17.2 Å². The van der Waals surface area contributed by atoms with E-state index in [9.17, 15) is 0 Å². The minimum atomic E-state index is 0.813. The average molecular weight is 319 g/mol. The maximum absolute atomic E-state index is 5.88. The van der Waals surface area contributed by atoms with Crippen molar-refractivity contribution < 1.29 is 0 Å². The molecule has 0 fully saturated rings. The first-order valence-electron chi connectivity index (χ1n) is 6.54. The molecule has 0 heterocycles. The van der Waals surface area contributed by atoms with Crippen LogP contribution < -0.4 is 10.6 Å². The molecular formula is C16H19BrN2. The van der Waals surface area contributed by atoms with Gasteiger partial charge in [0.2, 0.25) is 0 Å². The molecule has 0 saturated heterocycles. The van der Waals surface area contributed by atoms with Crippen molar-refractivity contribution in [2.24, 2.45) is 0 Å². The molecule has 0 atom stereocenters. The lowest BCUT2D eigenvalue weighted by Gasteiger charge is -2.25. The molecule has 2 aromatic carbocycles. The first-order chi connectivity index (χ1) is 9.19. The summed E-state index contributed by atoms with van der Waals surface area (Å²) in [5.74, 6) is 0. The van der Waals surface area contributed by atoms with E-state index in [4.69, 9.17) is 5.73 Å². The number of benzene rings is 2. The zero-order valence-electron chi connectivity index (χ0n) is 11.1. The Labute approximate surface area is 123 Å². The predicted octanol–water partition coefficient (Wildman–Crippen LogP) is 4.45. The number of nitrogen functional groups attached to an aromatic ring is 1. The minimum Gasteiger partial charge on any atom is -0.399 e. The second kappa shape index (κ2) is 6.62. The molecule has 0 radical (unpaired) electrons. The molecule has 3 heteroatoms. The second-order valence-electron chi connectivity index (χ2n) is 4.65. The number of rotatable bonds is 5. The fourth-order valence-electron chi connectivity index (χ4n) is 2.15. The number of nitrogens with zero attached hydrogens (tertiary/aromatic N) is 1. The molecule has 0 amide bonds. The van der Waals surface area contributed by atoms with E-state index in [-0.39, 0.29) is 0 Å². The molecule has 0 aliphatic heterocycles. The minimum absolute atomic E-state index is 0.813. The van der Waals surface area contributed by atoms with E-state index >= 15 is 0 Å². The average Bonchev–Trinajstić information content (AvgIpc) is 2.38. The van der Waals surface area contributed by atoms with Crippen LogP contribution in [0.25, 0.3) is 0 Å². The largest absolute Gasteiger partial charge is 0.399 e. The highest BCUT2D eigenvalue weighted by atomic mass is 79.9. The Bertz CT molecular complexity index is 540. The Balaban J connectivity index is 2.21. The van der Waals surface area contributed by atoms with Crippen molar-refractivity contribution in [3.05, 3.63) is 58.6 Å². The summed E-state index contributed by atoms with van der Waals surface area (Å²) in [6.45, 7) is 4.12. The van der Waals surface area contributed by atoms with E-state index in [0.717, 1.165) is 29.7 Å². The fraction of sp³-hybridized carbons (Fsp3) is 0.250. The van der Waals surface area contributed by atoms with Crippen LogP contribution in [0.5, 0.6) is 0 Å². The van der Waals surface area contributed by atoms with Gasteiger partial charge in [-0.05, 0) is 42.3 Å². The molecule has 0 spiro atoms. The van der Waals surface area contributed by atoms with Crippen LogP contribution >= 0.6 is 15.9 Å². The van der Waals surface area contributed by atoms with Gasteiger partial charge in [-0.2, -0.15) is 0 Å². The van der Waals surface area contributed by atoms with E-state index in [0.29, 0.717) is 0 Å². The molecule has 2 aromatic rings. The van der Waals surface area contributed by atoms with Crippen molar-refractivity contribution >= 4 is 27.3 Å². The summed E-state index contributed by atoms with van der Waals surface area (Å²) >= 11 is 3.52. The fourth-order valence-corrected chi connectivity index (χ4v) is 2.59. The van der Waals surface area contributed by atoms with Crippen molar-refractivity contribution in [3.63, 3.8) is 0 Å². The summed E-state index contributed by atoms with van der Waals surface area (Å²) in [6.07, 6.45) is 1.11. The van der Waals surface area contributed by atoms with Crippen molar-refractivity contribution in [1.29, 1.82) is 0 Å². The standard InChI is InChI=1S/C16H19BrN2/c1-2-9-19(16-8-4-7-15(18)11-16)12-13-5-3-6-14(17)10-13/h3-8,10-11H,2,9,12,18H2,1H3. The van der Waals surface area contributed by atoms with E-state index in [1.165, 1.54) is 11.3 Å². The third-order valence-electron chi connectivity index (χ3n) is 2.99. The molecule has 2 nitrogen and oxygen atoms in total. The van der Waals surface area contributed by atoms with Gasteiger partial charge >= 0.3 is 0 Å². The van der Waals surface area contributed by atoms with Crippen LogP contribution in [-0.2, 0) is 6.54 Å². The normalized spacial score (nSPS) is 10.4. The van der Waals surface area contributed by atoms with Gasteiger partial charge in [0, 0.05) is 28.9 Å². The molecule has 2 rings (SSSR count). The maximum Gasteiger partial charge on any atom is 0.0429 e. The number of nitrogens with two attached hydrogens (primary N) is 1. The van der Waals surface area contributed by atoms with Gasteiger partial charge in [0.05, 0.1) is 0 Å². The number of hydrogen-bond acceptors (Lipinski definition) is 2. The van der Waals surface area contributed by atoms with Crippen LogP contribution in [-0.4, -0.2) is 6.54 Å². The Morgan fingerprint density at radius 3 is 2.58 bits per heavy atom. The zero-order valence-corrected chi connectivity index (χ0v) is 12.7. The third-order valence-corrected chi connectivity index (χ3v) is 3.48. The van der Waals surface area contributed by atoms with E-state index < -0.39 is 0 Å². The summed E-state index contributed by atoms with van der Waals surface area (Å²) in [6, 6.07) is 16.5. The quantitative estimate of drug-likeness (QED) is 0.825. The summed E-state index contributed by atoms with van der Waals surface area (Å²) in [4.78, 5) is 2.36. The molecule has 0 aromatic heterocycles. The summed E-state index contributed by atoms with van der Waals surface area (Å²) < 4.78 is 1.12. The highest BCUT2D eigenvalue weighted by Gasteiger charge is 2.07. The third kappa shape index (κ3) is 4.00. The lowest BCUT2D eigenvalue weighted by Crippen LogP contribution is -2.23. The number of anilines is 2. The lowest BCUT2D eigenvalue weighted by molar-refractivity contribution is 0.767. The maximum atomic E-state index is 5.88. The summed E-state index contributed by atoms with van der Waals surface area (Å²) in [7, 11) is 0. The summed E-state index contributed by atoms with van der Waals surface area (Å²) in [5, 5.41) is 0. The van der Waals surface area contributed by atoms with E-state index in [1.807, 2.05) is 24.3 Å². The molecule has 0 saturated carbocycles. The van der Waals surface area contributed by atoms with Crippen LogP contribution in [0.4, 0.5) is 11.4 Å². The zero-order chi connectivity index (χ0) is 13.7. The van der Waals surface area contributed by atoms with Crippen molar-refractivity contribution in [1.82, 2.24) is 0 Å². The highest BCUT2D eigenvalue weighted by Crippen LogP contribution is 2.21. The summed E-state index contributed by atoms with van der Waals surface area (Å²) in [5.41, 5.74) is 9.17.